The van der Waals surface area contributed by atoms with Crippen LogP contribution in [0.2, 0.25) is 0 Å². The molecule has 0 bridgehead atoms. The Bertz CT molecular complexity index is 423. The fourth-order valence-corrected chi connectivity index (χ4v) is 1.24. The second kappa shape index (κ2) is 5.42. The minimum Gasteiger partial charge on any atom is -0.491 e. The van der Waals surface area contributed by atoms with Gasteiger partial charge in [0.05, 0.1) is 21.3 Å². The van der Waals surface area contributed by atoms with Gasteiger partial charge in [0.2, 0.25) is 0 Å². The van der Waals surface area contributed by atoms with Crippen LogP contribution in [0.25, 0.3) is 0 Å². The molecule has 0 fully saturated rings. The summed E-state index contributed by atoms with van der Waals surface area (Å²) < 4.78 is 39.3. The average Bonchev–Trinajstić information content (AvgIpc) is 2.35. The van der Waals surface area contributed by atoms with E-state index in [4.69, 9.17) is 9.47 Å². The topological polar surface area (TPSA) is 57.7 Å². The van der Waals surface area contributed by atoms with Gasteiger partial charge in [-0.15, -0.1) is 0 Å². The molecule has 1 aromatic rings. The molecule has 0 spiro atoms. The Hall–Kier alpha value is -1.92. The molecule has 0 unspecified atom stereocenters. The Kier molecular flexibility index (Phi) is 4.19. The standard InChI is InChI=1S/C10H11F2NO4/c1-15-7-5(10(14)17-3)4-6(8(11)12)13-9(7)16-2/h4,8H,1-3H3. The predicted molar refractivity (Wildman–Crippen MR) is 53.6 cm³/mol. The van der Waals surface area contributed by atoms with Gasteiger partial charge < -0.3 is 14.2 Å². The SMILES string of the molecule is COC(=O)c1cc(C(F)F)nc(OC)c1OC. The quantitative estimate of drug-likeness (QED) is 0.759. The molecule has 94 valence electrons. The molecule has 0 atom stereocenters. The van der Waals surface area contributed by atoms with Crippen molar-refractivity contribution in [3.63, 3.8) is 0 Å². The van der Waals surface area contributed by atoms with Gasteiger partial charge in [-0.2, -0.15) is 0 Å². The van der Waals surface area contributed by atoms with Gasteiger partial charge in [-0.25, -0.2) is 18.6 Å². The first kappa shape index (κ1) is 13.1. The second-order valence-corrected chi connectivity index (χ2v) is 2.93. The zero-order valence-corrected chi connectivity index (χ0v) is 9.49. The van der Waals surface area contributed by atoms with Crippen LogP contribution in [0.5, 0.6) is 11.6 Å². The van der Waals surface area contributed by atoms with Crippen molar-refractivity contribution >= 4 is 5.97 Å². The van der Waals surface area contributed by atoms with Gasteiger partial charge in [0.1, 0.15) is 11.3 Å². The number of carbonyl (C=O) groups is 1. The molecule has 0 amide bonds. The minimum atomic E-state index is -2.82. The molecule has 0 saturated heterocycles. The normalized spacial score (nSPS) is 10.2. The number of hydrogen-bond donors (Lipinski definition) is 0. The number of carbonyl (C=O) groups excluding carboxylic acids is 1. The van der Waals surface area contributed by atoms with Crippen molar-refractivity contribution in [3.8, 4) is 11.6 Å². The van der Waals surface area contributed by atoms with Crippen molar-refractivity contribution in [2.75, 3.05) is 21.3 Å². The van der Waals surface area contributed by atoms with Crippen LogP contribution in [0.1, 0.15) is 22.5 Å². The molecule has 0 aromatic carbocycles. The number of esters is 1. The summed E-state index contributed by atoms with van der Waals surface area (Å²) in [5, 5.41) is 0. The van der Waals surface area contributed by atoms with Crippen LogP contribution in [-0.4, -0.2) is 32.3 Å². The lowest BCUT2D eigenvalue weighted by Crippen LogP contribution is -2.08. The van der Waals surface area contributed by atoms with Crippen LogP contribution in [-0.2, 0) is 4.74 Å². The lowest BCUT2D eigenvalue weighted by atomic mass is 10.2. The molecule has 0 aliphatic carbocycles. The van der Waals surface area contributed by atoms with E-state index in [9.17, 15) is 13.6 Å². The molecule has 7 heteroatoms. The summed E-state index contributed by atoms with van der Waals surface area (Å²) in [6.45, 7) is 0. The highest BCUT2D eigenvalue weighted by Crippen LogP contribution is 2.32. The van der Waals surface area contributed by atoms with E-state index in [-0.39, 0.29) is 17.2 Å². The molecule has 0 aliphatic heterocycles. The Morgan fingerprint density at radius 3 is 2.35 bits per heavy atom. The Labute approximate surface area is 96.3 Å². The van der Waals surface area contributed by atoms with Crippen LogP contribution in [0.3, 0.4) is 0 Å². The van der Waals surface area contributed by atoms with E-state index in [0.717, 1.165) is 13.2 Å². The fraction of sp³-hybridized carbons (Fsp3) is 0.400. The number of halogens is 2. The molecule has 0 aliphatic rings. The Balaban J connectivity index is 3.42. The average molecular weight is 247 g/mol. The maximum atomic E-state index is 12.6. The van der Waals surface area contributed by atoms with Gasteiger partial charge in [0, 0.05) is 0 Å². The Morgan fingerprint density at radius 2 is 1.94 bits per heavy atom. The predicted octanol–water partition coefficient (Wildman–Crippen LogP) is 1.82. The molecule has 0 radical (unpaired) electrons. The maximum absolute atomic E-state index is 12.6. The van der Waals surface area contributed by atoms with Gasteiger partial charge in [-0.05, 0) is 6.07 Å². The third kappa shape index (κ3) is 2.61. The van der Waals surface area contributed by atoms with E-state index in [2.05, 4.69) is 9.72 Å². The molecule has 1 heterocycles. The second-order valence-electron chi connectivity index (χ2n) is 2.93. The van der Waals surface area contributed by atoms with Crippen molar-refractivity contribution in [2.45, 2.75) is 6.43 Å². The van der Waals surface area contributed by atoms with Gasteiger partial charge >= 0.3 is 5.97 Å². The molecule has 0 N–H and O–H groups in total. The monoisotopic (exact) mass is 247 g/mol. The summed E-state index contributed by atoms with van der Waals surface area (Å²) in [4.78, 5) is 14.9. The number of hydrogen-bond acceptors (Lipinski definition) is 5. The number of methoxy groups -OCH3 is 3. The third-order valence-corrected chi connectivity index (χ3v) is 1.99. The zero-order chi connectivity index (χ0) is 13.0. The highest BCUT2D eigenvalue weighted by molar-refractivity contribution is 5.93. The number of alkyl halides is 2. The molecule has 1 rings (SSSR count). The number of ether oxygens (including phenoxy) is 3. The molecule has 0 saturated carbocycles. The first-order valence-electron chi connectivity index (χ1n) is 4.54. The summed E-state index contributed by atoms with van der Waals surface area (Å²) in [6, 6.07) is 0.915. The van der Waals surface area contributed by atoms with Gasteiger partial charge in [0.15, 0.2) is 5.75 Å². The largest absolute Gasteiger partial charge is 0.491 e. The summed E-state index contributed by atoms with van der Waals surface area (Å²) in [5.74, 6) is -1.03. The lowest BCUT2D eigenvalue weighted by Gasteiger charge is -2.12. The number of nitrogens with zero attached hydrogens (tertiary/aromatic N) is 1. The smallest absolute Gasteiger partial charge is 0.341 e. The zero-order valence-electron chi connectivity index (χ0n) is 9.49. The molecular formula is C10H11F2NO4. The maximum Gasteiger partial charge on any atom is 0.341 e. The van der Waals surface area contributed by atoms with Gasteiger partial charge in [0.25, 0.3) is 12.3 Å². The van der Waals surface area contributed by atoms with Crippen LogP contribution in [0, 0.1) is 0 Å². The van der Waals surface area contributed by atoms with Crippen molar-refractivity contribution in [1.82, 2.24) is 4.98 Å². The van der Waals surface area contributed by atoms with Crippen molar-refractivity contribution in [3.05, 3.63) is 17.3 Å². The van der Waals surface area contributed by atoms with Crippen LogP contribution in [0.15, 0.2) is 6.07 Å². The third-order valence-electron chi connectivity index (χ3n) is 1.99. The fourth-order valence-electron chi connectivity index (χ4n) is 1.24. The van der Waals surface area contributed by atoms with Crippen molar-refractivity contribution < 1.29 is 27.8 Å². The van der Waals surface area contributed by atoms with E-state index in [1.165, 1.54) is 14.2 Å². The van der Waals surface area contributed by atoms with Crippen molar-refractivity contribution in [2.24, 2.45) is 0 Å². The van der Waals surface area contributed by atoms with Crippen molar-refractivity contribution in [1.29, 1.82) is 0 Å². The summed E-state index contributed by atoms with van der Waals surface area (Å²) in [6.07, 6.45) is -2.82. The van der Waals surface area contributed by atoms with E-state index in [1.807, 2.05) is 0 Å². The van der Waals surface area contributed by atoms with E-state index in [1.54, 1.807) is 0 Å². The first-order valence-corrected chi connectivity index (χ1v) is 4.54. The molecule has 1 aromatic heterocycles. The van der Waals surface area contributed by atoms with E-state index >= 15 is 0 Å². The van der Waals surface area contributed by atoms with Crippen LogP contribution in [0.4, 0.5) is 8.78 Å². The van der Waals surface area contributed by atoms with Crippen LogP contribution < -0.4 is 9.47 Å². The summed E-state index contributed by atoms with van der Waals surface area (Å²) >= 11 is 0. The first-order chi connectivity index (χ1) is 8.04. The minimum absolute atomic E-state index is 0.0382. The van der Waals surface area contributed by atoms with E-state index < -0.39 is 18.1 Å². The summed E-state index contributed by atoms with van der Waals surface area (Å²) in [5.41, 5.74) is -0.736. The highest BCUT2D eigenvalue weighted by atomic mass is 19.3. The summed E-state index contributed by atoms with van der Waals surface area (Å²) in [7, 11) is 3.64. The lowest BCUT2D eigenvalue weighted by molar-refractivity contribution is 0.0595. The number of rotatable bonds is 4. The van der Waals surface area contributed by atoms with Crippen LogP contribution >= 0.6 is 0 Å². The van der Waals surface area contributed by atoms with Gasteiger partial charge in [-0.1, -0.05) is 0 Å². The molecular weight excluding hydrogens is 236 g/mol. The molecule has 5 nitrogen and oxygen atoms in total. The van der Waals surface area contributed by atoms with Gasteiger partial charge in [-0.3, -0.25) is 0 Å². The highest BCUT2D eigenvalue weighted by Gasteiger charge is 2.23. The number of aromatic nitrogens is 1. The molecule has 17 heavy (non-hydrogen) atoms. The number of pyridine rings is 1. The van der Waals surface area contributed by atoms with E-state index in [0.29, 0.717) is 0 Å². The Morgan fingerprint density at radius 1 is 1.29 bits per heavy atom.